The number of nitrogens with one attached hydrogen (secondary N) is 1. The number of rotatable bonds is 9. The van der Waals surface area contributed by atoms with E-state index < -0.39 is 28.5 Å². The molecule has 2 amide bonds. The fourth-order valence-corrected chi connectivity index (χ4v) is 3.97. The van der Waals surface area contributed by atoms with E-state index in [-0.39, 0.29) is 12.5 Å². The summed E-state index contributed by atoms with van der Waals surface area (Å²) in [5.74, 6) is -0.254. The van der Waals surface area contributed by atoms with E-state index in [1.165, 1.54) is 19.1 Å². The summed E-state index contributed by atoms with van der Waals surface area (Å²) < 4.78 is 31.1. The third kappa shape index (κ3) is 6.21. The molecular weight excluding hydrogens is 418 g/mol. The van der Waals surface area contributed by atoms with E-state index in [9.17, 15) is 18.0 Å². The monoisotopic (exact) mass is 447 g/mol. The fraction of sp³-hybridized carbons (Fsp3) is 0.364. The van der Waals surface area contributed by atoms with Gasteiger partial charge in [-0.25, -0.2) is 8.42 Å². The lowest BCUT2D eigenvalue weighted by Crippen LogP contribution is -2.50. The predicted molar refractivity (Wildman–Crippen MR) is 120 cm³/mol. The van der Waals surface area contributed by atoms with Gasteiger partial charge in [-0.2, -0.15) is 0 Å². The Morgan fingerprint density at radius 1 is 1.10 bits per heavy atom. The van der Waals surface area contributed by atoms with E-state index in [1.54, 1.807) is 31.2 Å². The van der Waals surface area contributed by atoms with Gasteiger partial charge < -0.3 is 15.0 Å². The summed E-state index contributed by atoms with van der Waals surface area (Å²) in [6.45, 7) is 3.29. The number of carbonyl (C=O) groups excluding carboxylic acids is 2. The van der Waals surface area contributed by atoms with Crippen molar-refractivity contribution in [1.82, 2.24) is 10.2 Å². The van der Waals surface area contributed by atoms with Crippen molar-refractivity contribution in [3.63, 3.8) is 0 Å². The topological polar surface area (TPSA) is 96.0 Å². The van der Waals surface area contributed by atoms with Gasteiger partial charge in [0.15, 0.2) is 0 Å². The van der Waals surface area contributed by atoms with Crippen LogP contribution in [0.2, 0.25) is 0 Å². The minimum Gasteiger partial charge on any atom is -0.497 e. The molecule has 8 nitrogen and oxygen atoms in total. The van der Waals surface area contributed by atoms with Crippen LogP contribution in [0.25, 0.3) is 0 Å². The second-order valence-corrected chi connectivity index (χ2v) is 9.11. The molecular formula is C22H29N3O5S. The number of benzene rings is 2. The third-order valence-corrected chi connectivity index (χ3v) is 6.20. The SMILES string of the molecule is CNC(=O)[C@@H](C)N(Cc1ccccc1C)C(=O)CN(c1ccc(OC)cc1)S(C)(=O)=O. The fourth-order valence-electron chi connectivity index (χ4n) is 3.12. The second kappa shape index (κ2) is 10.3. The number of anilines is 1. The first-order valence-electron chi connectivity index (χ1n) is 9.75. The molecule has 0 aliphatic heterocycles. The van der Waals surface area contributed by atoms with Crippen molar-refractivity contribution in [2.75, 3.05) is 31.3 Å². The second-order valence-electron chi connectivity index (χ2n) is 7.21. The van der Waals surface area contributed by atoms with Gasteiger partial charge in [-0.1, -0.05) is 24.3 Å². The highest BCUT2D eigenvalue weighted by Gasteiger charge is 2.29. The maximum Gasteiger partial charge on any atom is 0.244 e. The molecule has 9 heteroatoms. The standard InChI is InChI=1S/C22H29N3O5S/c1-16-8-6-7-9-18(16)14-24(17(2)22(27)23-3)21(26)15-25(31(5,28)29)19-10-12-20(30-4)13-11-19/h6-13,17H,14-15H2,1-5H3,(H,23,27)/t17-/m1/s1. The number of hydrogen-bond donors (Lipinski definition) is 1. The molecule has 0 bridgehead atoms. The zero-order valence-corrected chi connectivity index (χ0v) is 19.3. The first kappa shape index (κ1) is 24.2. The van der Waals surface area contributed by atoms with Crippen molar-refractivity contribution in [2.45, 2.75) is 26.4 Å². The number of hydrogen-bond acceptors (Lipinski definition) is 5. The van der Waals surface area contributed by atoms with Gasteiger partial charge in [0.05, 0.1) is 19.1 Å². The van der Waals surface area contributed by atoms with Crippen LogP contribution in [0.1, 0.15) is 18.1 Å². The zero-order chi connectivity index (χ0) is 23.2. The molecule has 2 aromatic rings. The number of amides is 2. The zero-order valence-electron chi connectivity index (χ0n) is 18.5. The maximum atomic E-state index is 13.3. The minimum atomic E-state index is -3.75. The summed E-state index contributed by atoms with van der Waals surface area (Å²) in [6, 6.07) is 13.1. The van der Waals surface area contributed by atoms with Crippen molar-refractivity contribution >= 4 is 27.5 Å². The largest absolute Gasteiger partial charge is 0.497 e. The molecule has 0 radical (unpaired) electrons. The molecule has 168 valence electrons. The molecule has 2 rings (SSSR count). The van der Waals surface area contributed by atoms with E-state index in [4.69, 9.17) is 4.74 Å². The number of carbonyl (C=O) groups is 2. The molecule has 0 aliphatic rings. The maximum absolute atomic E-state index is 13.3. The van der Waals surface area contributed by atoms with Gasteiger partial charge in [-0.15, -0.1) is 0 Å². The molecule has 0 saturated heterocycles. The van der Waals surface area contributed by atoms with Gasteiger partial charge in [0, 0.05) is 13.6 Å². The first-order chi connectivity index (χ1) is 14.6. The third-order valence-electron chi connectivity index (χ3n) is 5.06. The number of aryl methyl sites for hydroxylation is 1. The Kier molecular flexibility index (Phi) is 8.04. The normalized spacial score (nSPS) is 12.0. The molecule has 0 saturated carbocycles. The average Bonchev–Trinajstić information content (AvgIpc) is 2.75. The molecule has 0 spiro atoms. The molecule has 31 heavy (non-hydrogen) atoms. The summed E-state index contributed by atoms with van der Waals surface area (Å²) >= 11 is 0. The lowest BCUT2D eigenvalue weighted by Gasteiger charge is -2.31. The summed E-state index contributed by atoms with van der Waals surface area (Å²) in [5.41, 5.74) is 2.18. The number of methoxy groups -OCH3 is 1. The van der Waals surface area contributed by atoms with Crippen molar-refractivity contribution in [3.05, 3.63) is 59.7 Å². The number of nitrogens with zero attached hydrogens (tertiary/aromatic N) is 2. The Morgan fingerprint density at radius 3 is 2.23 bits per heavy atom. The van der Waals surface area contributed by atoms with Crippen LogP contribution in [0.3, 0.4) is 0 Å². The molecule has 0 fully saturated rings. The van der Waals surface area contributed by atoms with E-state index in [2.05, 4.69) is 5.32 Å². The lowest BCUT2D eigenvalue weighted by molar-refractivity contribution is -0.139. The van der Waals surface area contributed by atoms with Crippen LogP contribution in [0.15, 0.2) is 48.5 Å². The van der Waals surface area contributed by atoms with Crippen molar-refractivity contribution in [3.8, 4) is 5.75 Å². The number of likely N-dealkylation sites (N-methyl/N-ethyl adjacent to an activating group) is 1. The van der Waals surface area contributed by atoms with Crippen LogP contribution >= 0.6 is 0 Å². The van der Waals surface area contributed by atoms with Gasteiger partial charge in [0.1, 0.15) is 18.3 Å². The molecule has 0 aliphatic carbocycles. The Balaban J connectivity index is 2.38. The van der Waals surface area contributed by atoms with Crippen LogP contribution < -0.4 is 14.4 Å². The first-order valence-corrected chi connectivity index (χ1v) is 11.6. The van der Waals surface area contributed by atoms with Gasteiger partial charge in [-0.05, 0) is 49.2 Å². The lowest BCUT2D eigenvalue weighted by atomic mass is 10.1. The number of ether oxygens (including phenoxy) is 1. The Bertz CT molecular complexity index is 1020. The van der Waals surface area contributed by atoms with Gasteiger partial charge in [0.25, 0.3) is 0 Å². The quantitative estimate of drug-likeness (QED) is 0.634. The molecule has 2 aromatic carbocycles. The van der Waals surface area contributed by atoms with E-state index >= 15 is 0 Å². The highest BCUT2D eigenvalue weighted by molar-refractivity contribution is 7.92. The van der Waals surface area contributed by atoms with Crippen molar-refractivity contribution in [2.24, 2.45) is 0 Å². The van der Waals surface area contributed by atoms with Crippen LogP contribution in [0, 0.1) is 6.92 Å². The Morgan fingerprint density at radius 2 is 1.71 bits per heavy atom. The average molecular weight is 448 g/mol. The number of sulfonamides is 1. The van der Waals surface area contributed by atoms with Crippen LogP contribution in [0.4, 0.5) is 5.69 Å². The van der Waals surface area contributed by atoms with E-state index in [0.29, 0.717) is 11.4 Å². The summed E-state index contributed by atoms with van der Waals surface area (Å²) in [4.78, 5) is 27.0. The Hall–Kier alpha value is -3.07. The van der Waals surface area contributed by atoms with Crippen molar-refractivity contribution in [1.29, 1.82) is 0 Å². The molecule has 0 aromatic heterocycles. The highest BCUT2D eigenvalue weighted by atomic mass is 32.2. The van der Waals surface area contributed by atoms with Gasteiger partial charge >= 0.3 is 0 Å². The highest BCUT2D eigenvalue weighted by Crippen LogP contribution is 2.22. The summed E-state index contributed by atoms with van der Waals surface area (Å²) in [6.07, 6.45) is 1.04. The molecule has 1 atom stereocenters. The summed E-state index contributed by atoms with van der Waals surface area (Å²) in [5, 5.41) is 2.55. The van der Waals surface area contributed by atoms with Crippen LogP contribution in [0.5, 0.6) is 5.75 Å². The predicted octanol–water partition coefficient (Wildman–Crippen LogP) is 1.93. The minimum absolute atomic E-state index is 0.181. The van der Waals surface area contributed by atoms with Gasteiger partial charge in [-0.3, -0.25) is 13.9 Å². The van der Waals surface area contributed by atoms with Crippen LogP contribution in [-0.2, 0) is 26.2 Å². The van der Waals surface area contributed by atoms with E-state index in [0.717, 1.165) is 21.7 Å². The Labute approximate surface area is 183 Å². The smallest absolute Gasteiger partial charge is 0.244 e. The molecule has 0 unspecified atom stereocenters. The van der Waals surface area contributed by atoms with Crippen LogP contribution in [-0.4, -0.2) is 58.1 Å². The van der Waals surface area contributed by atoms with E-state index in [1.807, 2.05) is 31.2 Å². The summed E-state index contributed by atoms with van der Waals surface area (Å²) in [7, 11) is -0.748. The van der Waals surface area contributed by atoms with Gasteiger partial charge in [0.2, 0.25) is 21.8 Å². The van der Waals surface area contributed by atoms with Crippen molar-refractivity contribution < 1.29 is 22.7 Å². The molecule has 0 heterocycles. The molecule has 1 N–H and O–H groups in total.